The second-order valence-corrected chi connectivity index (χ2v) is 11.7. The van der Waals surface area contributed by atoms with Gasteiger partial charge in [0.25, 0.3) is 0 Å². The van der Waals surface area contributed by atoms with Gasteiger partial charge in [-0.25, -0.2) is 26.9 Å². The lowest BCUT2D eigenvalue weighted by Gasteiger charge is -2.14. The number of benzene rings is 4. The molecule has 1 aliphatic heterocycles. The monoisotopic (exact) mass is 690 g/mol. The molecular formula is C34H31F4O9P. The van der Waals surface area contributed by atoms with E-state index in [1.165, 1.54) is 66.7 Å². The molecule has 1 heterocycles. The zero-order valence-electron chi connectivity index (χ0n) is 25.3. The van der Waals surface area contributed by atoms with Crippen molar-refractivity contribution >= 4 is 13.8 Å². The molecule has 0 saturated carbocycles. The first-order chi connectivity index (χ1) is 23.0. The number of aliphatic hydroxyl groups excluding tert-OH is 1. The van der Waals surface area contributed by atoms with E-state index in [-0.39, 0.29) is 51.0 Å². The van der Waals surface area contributed by atoms with E-state index in [4.69, 9.17) is 23.3 Å². The van der Waals surface area contributed by atoms with Crippen molar-refractivity contribution in [3.05, 3.63) is 154 Å². The van der Waals surface area contributed by atoms with Crippen LogP contribution in [-0.4, -0.2) is 28.7 Å². The molecule has 4 aromatic rings. The third-order valence-electron chi connectivity index (χ3n) is 6.46. The zero-order valence-corrected chi connectivity index (χ0v) is 26.2. The van der Waals surface area contributed by atoms with Gasteiger partial charge in [-0.15, -0.1) is 0 Å². The van der Waals surface area contributed by atoms with Crippen molar-refractivity contribution in [2.45, 2.75) is 39.0 Å². The largest absolute Gasteiger partial charge is 0.485 e. The molecular weight excluding hydrogens is 659 g/mol. The Morgan fingerprint density at radius 3 is 1.44 bits per heavy atom. The molecule has 1 aliphatic rings. The van der Waals surface area contributed by atoms with Crippen molar-refractivity contribution in [3.8, 4) is 0 Å². The average molecular weight is 691 g/mol. The Hall–Kier alpha value is -4.52. The lowest BCUT2D eigenvalue weighted by molar-refractivity contribution is -0.143. The highest BCUT2D eigenvalue weighted by molar-refractivity contribution is 7.47. The first-order valence-electron chi connectivity index (χ1n) is 14.4. The number of phosphoric acid groups is 1. The summed E-state index contributed by atoms with van der Waals surface area (Å²) in [5, 5.41) is 9.18. The van der Waals surface area contributed by atoms with Crippen molar-refractivity contribution in [1.82, 2.24) is 0 Å². The van der Waals surface area contributed by atoms with Crippen LogP contribution >= 0.6 is 7.82 Å². The van der Waals surface area contributed by atoms with Gasteiger partial charge in [0.05, 0.1) is 13.2 Å². The standard InChI is InChI=1S/C20H18F2O5.C14H13F2O4P/c21-15-5-1-3-13(9-15)11-25-18-17(7-8-23)27-20(24)19(18)26-12-14-4-2-6-16(22)10-14;15-13-5-1-3-11(7-13)9-19-21(17,18)20-10-12-4-2-6-14(16)8-12/h1-6,9-10,17,23H,7-8,11-12H2;1-8H,9-10H2,(H,17,18). The summed E-state index contributed by atoms with van der Waals surface area (Å²) in [6.45, 7) is -0.815. The molecule has 254 valence electrons. The van der Waals surface area contributed by atoms with Gasteiger partial charge < -0.3 is 24.2 Å². The van der Waals surface area contributed by atoms with E-state index >= 15 is 0 Å². The summed E-state index contributed by atoms with van der Waals surface area (Å²) in [4.78, 5) is 21.6. The Morgan fingerprint density at radius 1 is 0.646 bits per heavy atom. The van der Waals surface area contributed by atoms with Crippen molar-refractivity contribution in [2.75, 3.05) is 6.61 Å². The van der Waals surface area contributed by atoms with Crippen LogP contribution in [-0.2, 0) is 59.0 Å². The predicted octanol–water partition coefficient (Wildman–Crippen LogP) is 7.02. The van der Waals surface area contributed by atoms with Crippen LogP contribution in [0.25, 0.3) is 0 Å². The van der Waals surface area contributed by atoms with Crippen molar-refractivity contribution in [1.29, 1.82) is 0 Å². The normalized spacial score (nSPS) is 14.3. The minimum Gasteiger partial charge on any atom is -0.485 e. The van der Waals surface area contributed by atoms with E-state index in [9.17, 15) is 36.9 Å². The summed E-state index contributed by atoms with van der Waals surface area (Å²) < 4.78 is 90.0. The molecule has 48 heavy (non-hydrogen) atoms. The topological polar surface area (TPSA) is 121 Å². The fourth-order valence-electron chi connectivity index (χ4n) is 4.25. The number of carbonyl (C=O) groups excluding carboxylic acids is 1. The maximum absolute atomic E-state index is 13.3. The Labute approximate surface area is 273 Å². The van der Waals surface area contributed by atoms with E-state index in [2.05, 4.69) is 0 Å². The number of aliphatic hydroxyl groups is 1. The van der Waals surface area contributed by atoms with Gasteiger partial charge >= 0.3 is 13.8 Å². The number of esters is 1. The van der Waals surface area contributed by atoms with Crippen molar-refractivity contribution < 1.29 is 60.2 Å². The van der Waals surface area contributed by atoms with Crippen molar-refractivity contribution in [3.63, 3.8) is 0 Å². The van der Waals surface area contributed by atoms with Gasteiger partial charge in [0.2, 0.25) is 5.76 Å². The van der Waals surface area contributed by atoms with Gasteiger partial charge in [0.1, 0.15) is 36.5 Å². The number of rotatable bonds is 14. The number of hydrogen-bond donors (Lipinski definition) is 2. The van der Waals surface area contributed by atoms with E-state index in [1.807, 2.05) is 0 Å². The van der Waals surface area contributed by atoms with E-state index in [0.717, 1.165) is 0 Å². The Bertz CT molecular complexity index is 1710. The minimum absolute atomic E-state index is 0.00150. The van der Waals surface area contributed by atoms with Gasteiger partial charge in [0.15, 0.2) is 11.9 Å². The second-order valence-electron chi connectivity index (χ2n) is 10.2. The molecule has 5 rings (SSSR count). The molecule has 0 saturated heterocycles. The molecule has 0 fully saturated rings. The molecule has 0 bridgehead atoms. The maximum atomic E-state index is 13.3. The number of cyclic esters (lactones) is 1. The fourth-order valence-corrected chi connectivity index (χ4v) is 4.95. The van der Waals surface area contributed by atoms with Gasteiger partial charge in [-0.1, -0.05) is 48.5 Å². The molecule has 0 amide bonds. The Kier molecular flexibility index (Phi) is 13.3. The lowest BCUT2D eigenvalue weighted by Crippen LogP contribution is -2.15. The smallest absolute Gasteiger partial charge is 0.472 e. The summed E-state index contributed by atoms with van der Waals surface area (Å²) in [5.74, 6) is -2.48. The summed E-state index contributed by atoms with van der Waals surface area (Å²) in [7, 11) is -4.30. The third kappa shape index (κ3) is 11.6. The summed E-state index contributed by atoms with van der Waals surface area (Å²) >= 11 is 0. The number of ether oxygens (including phenoxy) is 3. The Balaban J connectivity index is 0.000000224. The molecule has 1 unspecified atom stereocenters. The van der Waals surface area contributed by atoms with Gasteiger partial charge in [-0.2, -0.15) is 0 Å². The summed E-state index contributed by atoms with van der Waals surface area (Å²) in [5.41, 5.74) is 1.90. The first-order valence-corrected chi connectivity index (χ1v) is 15.9. The summed E-state index contributed by atoms with van der Waals surface area (Å²) in [6, 6.07) is 22.5. The zero-order chi connectivity index (χ0) is 34.5. The molecule has 4 aromatic carbocycles. The SMILES string of the molecule is O=C1OC(CCO)C(OCc2cccc(F)c2)=C1OCc1cccc(F)c1.O=P(O)(OCc1cccc(F)c1)OCc1cccc(F)c1. The van der Waals surface area contributed by atoms with Crippen LogP contribution in [0.15, 0.2) is 109 Å². The quantitative estimate of drug-likeness (QED) is 0.0818. The highest BCUT2D eigenvalue weighted by Gasteiger charge is 2.37. The molecule has 2 N–H and O–H groups in total. The second kappa shape index (κ2) is 17.6. The average Bonchev–Trinajstić information content (AvgIpc) is 3.35. The van der Waals surface area contributed by atoms with Gasteiger partial charge in [-0.3, -0.25) is 9.05 Å². The van der Waals surface area contributed by atoms with E-state index in [1.54, 1.807) is 30.3 Å². The van der Waals surface area contributed by atoms with E-state index < -0.39 is 43.2 Å². The number of halogens is 4. The highest BCUT2D eigenvalue weighted by Crippen LogP contribution is 2.45. The lowest BCUT2D eigenvalue weighted by atomic mass is 10.2. The summed E-state index contributed by atoms with van der Waals surface area (Å²) in [6.07, 6.45) is -0.657. The minimum atomic E-state index is -4.30. The third-order valence-corrected chi connectivity index (χ3v) is 7.38. The molecule has 0 radical (unpaired) electrons. The van der Waals surface area contributed by atoms with E-state index in [0.29, 0.717) is 22.3 Å². The highest BCUT2D eigenvalue weighted by atomic mass is 31.2. The van der Waals surface area contributed by atoms with Crippen LogP contribution in [0.3, 0.4) is 0 Å². The van der Waals surface area contributed by atoms with Crippen molar-refractivity contribution in [2.24, 2.45) is 0 Å². The fraction of sp³-hybridized carbons (Fsp3) is 0.206. The van der Waals surface area contributed by atoms with Crippen LogP contribution in [0.5, 0.6) is 0 Å². The van der Waals surface area contributed by atoms with Crippen LogP contribution in [0.2, 0.25) is 0 Å². The van der Waals surface area contributed by atoms with Crippen LogP contribution in [0.4, 0.5) is 17.6 Å². The number of phosphoric ester groups is 1. The molecule has 0 aliphatic carbocycles. The van der Waals surface area contributed by atoms with Gasteiger partial charge in [0, 0.05) is 13.0 Å². The number of carbonyl (C=O) groups is 1. The molecule has 1 atom stereocenters. The van der Waals surface area contributed by atoms with Crippen LogP contribution < -0.4 is 0 Å². The predicted molar refractivity (Wildman–Crippen MR) is 163 cm³/mol. The molecule has 14 heteroatoms. The molecule has 0 spiro atoms. The van der Waals surface area contributed by atoms with Crippen LogP contribution in [0, 0.1) is 23.3 Å². The first kappa shape index (κ1) is 36.3. The molecule has 0 aromatic heterocycles. The number of hydrogen-bond acceptors (Lipinski definition) is 8. The molecule has 9 nitrogen and oxygen atoms in total. The van der Waals surface area contributed by atoms with Gasteiger partial charge in [-0.05, 0) is 70.8 Å². The Morgan fingerprint density at radius 2 is 1.04 bits per heavy atom. The maximum Gasteiger partial charge on any atom is 0.472 e. The van der Waals surface area contributed by atoms with Crippen LogP contribution in [0.1, 0.15) is 28.7 Å².